The smallest absolute Gasteiger partial charge is 0.168 e. The molecule has 1 aromatic heterocycles. The highest BCUT2D eigenvalue weighted by molar-refractivity contribution is 5.71. The zero-order chi connectivity index (χ0) is 10.7. The second-order valence-corrected chi connectivity index (χ2v) is 3.98. The molecular weight excluding hydrogens is 190 g/mol. The Morgan fingerprint density at radius 1 is 1.53 bits per heavy atom. The molecule has 0 atom stereocenters. The second kappa shape index (κ2) is 4.57. The molecule has 1 fully saturated rings. The molecule has 0 amide bonds. The van der Waals surface area contributed by atoms with E-state index in [0.717, 1.165) is 38.8 Å². The van der Waals surface area contributed by atoms with Crippen LogP contribution in [0.1, 0.15) is 36.3 Å². The van der Waals surface area contributed by atoms with Crippen LogP contribution in [0.2, 0.25) is 0 Å². The molecule has 0 bridgehead atoms. The lowest BCUT2D eigenvalue weighted by Gasteiger charge is -2.31. The Morgan fingerprint density at radius 2 is 2.27 bits per heavy atom. The normalized spacial score (nSPS) is 19.3. The number of hydrogen-bond donors (Lipinski definition) is 0. The number of nitrogens with zero attached hydrogens (tertiary/aromatic N) is 3. The monoisotopic (exact) mass is 207 g/mol. The summed E-state index contributed by atoms with van der Waals surface area (Å²) in [5.41, 5.74) is 0.699. The van der Waals surface area contributed by atoms with Gasteiger partial charge in [-0.25, -0.2) is 0 Å². The van der Waals surface area contributed by atoms with Gasteiger partial charge in [-0.15, -0.1) is 0 Å². The molecule has 15 heavy (non-hydrogen) atoms. The van der Waals surface area contributed by atoms with Gasteiger partial charge in [-0.3, -0.25) is 9.48 Å². The van der Waals surface area contributed by atoms with Crippen molar-refractivity contribution in [1.82, 2.24) is 14.7 Å². The lowest BCUT2D eigenvalue weighted by Crippen LogP contribution is -2.35. The van der Waals surface area contributed by atoms with Gasteiger partial charge in [0.25, 0.3) is 0 Å². The summed E-state index contributed by atoms with van der Waals surface area (Å²) in [7, 11) is 0. The van der Waals surface area contributed by atoms with Gasteiger partial charge in [0.05, 0.1) is 6.04 Å². The topological polar surface area (TPSA) is 38.1 Å². The molecule has 0 N–H and O–H groups in total. The Morgan fingerprint density at radius 3 is 2.87 bits per heavy atom. The lowest BCUT2D eigenvalue weighted by atomic mass is 10.1. The molecule has 0 aliphatic carbocycles. The molecule has 2 heterocycles. The zero-order valence-electron chi connectivity index (χ0n) is 9.09. The highest BCUT2D eigenvalue weighted by Crippen LogP contribution is 2.22. The van der Waals surface area contributed by atoms with Crippen molar-refractivity contribution in [2.75, 3.05) is 19.6 Å². The third-order valence-electron chi connectivity index (χ3n) is 3.17. The van der Waals surface area contributed by atoms with Crippen LogP contribution >= 0.6 is 0 Å². The average molecular weight is 207 g/mol. The van der Waals surface area contributed by atoms with E-state index >= 15 is 0 Å². The van der Waals surface area contributed by atoms with Crippen molar-refractivity contribution in [3.8, 4) is 0 Å². The number of aromatic nitrogens is 2. The molecular formula is C11H17N3O. The van der Waals surface area contributed by atoms with Gasteiger partial charge in [-0.1, -0.05) is 6.92 Å². The van der Waals surface area contributed by atoms with Crippen LogP contribution in [-0.4, -0.2) is 40.6 Å². The van der Waals surface area contributed by atoms with Crippen LogP contribution in [0.5, 0.6) is 0 Å². The van der Waals surface area contributed by atoms with Crippen molar-refractivity contribution in [3.05, 3.63) is 18.0 Å². The summed E-state index contributed by atoms with van der Waals surface area (Å²) >= 11 is 0. The Hall–Kier alpha value is -1.16. The minimum atomic E-state index is 0.406. The first-order chi connectivity index (χ1) is 7.35. The summed E-state index contributed by atoms with van der Waals surface area (Å²) in [6.45, 7) is 5.52. The molecule has 0 unspecified atom stereocenters. The Balaban J connectivity index is 2.04. The number of aldehydes is 1. The van der Waals surface area contributed by atoms with Crippen molar-refractivity contribution >= 4 is 6.29 Å². The molecule has 1 aliphatic heterocycles. The summed E-state index contributed by atoms with van der Waals surface area (Å²) in [6, 6.07) is 2.18. The molecule has 82 valence electrons. The maximum atomic E-state index is 10.8. The first-order valence-corrected chi connectivity index (χ1v) is 5.56. The molecule has 1 aliphatic rings. The fourth-order valence-corrected chi connectivity index (χ4v) is 2.20. The average Bonchev–Trinajstić information content (AvgIpc) is 2.77. The number of carbonyl (C=O) groups excluding carboxylic acids is 1. The number of piperidine rings is 1. The largest absolute Gasteiger partial charge is 0.303 e. The van der Waals surface area contributed by atoms with Crippen LogP contribution in [0, 0.1) is 0 Å². The Labute approximate surface area is 89.9 Å². The van der Waals surface area contributed by atoms with E-state index in [1.54, 1.807) is 12.3 Å². The van der Waals surface area contributed by atoms with Gasteiger partial charge < -0.3 is 4.90 Å². The number of hydrogen-bond acceptors (Lipinski definition) is 3. The van der Waals surface area contributed by atoms with Crippen LogP contribution in [-0.2, 0) is 0 Å². The van der Waals surface area contributed by atoms with Crippen LogP contribution in [0.4, 0.5) is 0 Å². The van der Waals surface area contributed by atoms with Crippen LogP contribution < -0.4 is 0 Å². The van der Waals surface area contributed by atoms with E-state index in [1.807, 2.05) is 4.68 Å². The lowest BCUT2D eigenvalue weighted by molar-refractivity contribution is 0.110. The van der Waals surface area contributed by atoms with E-state index in [1.165, 1.54) is 0 Å². The fourth-order valence-electron chi connectivity index (χ4n) is 2.20. The SMILES string of the molecule is CCN1CCC(n2nccc2C=O)CC1. The molecule has 4 heteroatoms. The molecule has 4 nitrogen and oxygen atoms in total. The summed E-state index contributed by atoms with van der Waals surface area (Å²) in [5, 5.41) is 4.23. The predicted octanol–water partition coefficient (Wildman–Crippen LogP) is 1.35. The van der Waals surface area contributed by atoms with Gasteiger partial charge in [0.15, 0.2) is 6.29 Å². The molecule has 0 saturated carbocycles. The highest BCUT2D eigenvalue weighted by atomic mass is 16.1. The minimum absolute atomic E-state index is 0.406. The van der Waals surface area contributed by atoms with Crippen molar-refractivity contribution in [2.45, 2.75) is 25.8 Å². The van der Waals surface area contributed by atoms with Gasteiger partial charge >= 0.3 is 0 Å². The number of likely N-dealkylation sites (tertiary alicyclic amines) is 1. The van der Waals surface area contributed by atoms with Crippen molar-refractivity contribution in [1.29, 1.82) is 0 Å². The Bertz CT molecular complexity index is 326. The first-order valence-electron chi connectivity index (χ1n) is 5.56. The number of carbonyl (C=O) groups is 1. The molecule has 0 radical (unpaired) electrons. The van der Waals surface area contributed by atoms with E-state index in [2.05, 4.69) is 16.9 Å². The van der Waals surface area contributed by atoms with Crippen molar-refractivity contribution in [2.24, 2.45) is 0 Å². The summed E-state index contributed by atoms with van der Waals surface area (Å²) in [5.74, 6) is 0. The zero-order valence-corrected chi connectivity index (χ0v) is 9.09. The maximum absolute atomic E-state index is 10.8. The molecule has 1 aromatic rings. The second-order valence-electron chi connectivity index (χ2n) is 3.98. The van der Waals surface area contributed by atoms with Gasteiger partial charge in [0.2, 0.25) is 0 Å². The van der Waals surface area contributed by atoms with Gasteiger partial charge in [-0.05, 0) is 25.5 Å². The summed E-state index contributed by atoms with van der Waals surface area (Å²) in [6.07, 6.45) is 4.78. The van der Waals surface area contributed by atoms with Crippen LogP contribution in [0.25, 0.3) is 0 Å². The number of rotatable bonds is 3. The van der Waals surface area contributed by atoms with E-state index < -0.39 is 0 Å². The quantitative estimate of drug-likeness (QED) is 0.702. The minimum Gasteiger partial charge on any atom is -0.303 e. The first kappa shape index (κ1) is 10.4. The van der Waals surface area contributed by atoms with E-state index in [-0.39, 0.29) is 0 Å². The summed E-state index contributed by atoms with van der Waals surface area (Å²) < 4.78 is 1.88. The Kier molecular flexibility index (Phi) is 3.16. The van der Waals surface area contributed by atoms with E-state index in [4.69, 9.17) is 0 Å². The van der Waals surface area contributed by atoms with E-state index in [0.29, 0.717) is 11.7 Å². The maximum Gasteiger partial charge on any atom is 0.168 e. The van der Waals surface area contributed by atoms with Crippen molar-refractivity contribution < 1.29 is 4.79 Å². The molecule has 1 saturated heterocycles. The standard InChI is InChI=1S/C11H17N3O/c1-2-13-7-4-10(5-8-13)14-11(9-15)3-6-12-14/h3,6,9-10H,2,4-5,7-8H2,1H3. The third-order valence-corrected chi connectivity index (χ3v) is 3.17. The fraction of sp³-hybridized carbons (Fsp3) is 0.636. The van der Waals surface area contributed by atoms with E-state index in [9.17, 15) is 4.79 Å². The molecule has 2 rings (SSSR count). The van der Waals surface area contributed by atoms with Crippen LogP contribution in [0.3, 0.4) is 0 Å². The van der Waals surface area contributed by atoms with Gasteiger partial charge in [0.1, 0.15) is 5.69 Å². The van der Waals surface area contributed by atoms with Gasteiger partial charge in [-0.2, -0.15) is 5.10 Å². The third kappa shape index (κ3) is 2.09. The van der Waals surface area contributed by atoms with Crippen molar-refractivity contribution in [3.63, 3.8) is 0 Å². The molecule has 0 spiro atoms. The molecule has 0 aromatic carbocycles. The van der Waals surface area contributed by atoms with Crippen LogP contribution in [0.15, 0.2) is 12.3 Å². The highest BCUT2D eigenvalue weighted by Gasteiger charge is 2.21. The predicted molar refractivity (Wildman–Crippen MR) is 58.0 cm³/mol. The summed E-state index contributed by atoms with van der Waals surface area (Å²) in [4.78, 5) is 13.2. The van der Waals surface area contributed by atoms with Gasteiger partial charge in [0, 0.05) is 19.3 Å².